The number of anilines is 1. The molecule has 2 N–H and O–H groups in total. The van der Waals surface area contributed by atoms with Crippen molar-refractivity contribution >= 4 is 38.9 Å². The lowest BCUT2D eigenvalue weighted by atomic mass is 10.2. The first kappa shape index (κ1) is 20.8. The van der Waals surface area contributed by atoms with Gasteiger partial charge in [-0.3, -0.25) is 14.9 Å². The Morgan fingerprint density at radius 2 is 1.93 bits per heavy atom. The molecule has 0 unspecified atom stereocenters. The van der Waals surface area contributed by atoms with Gasteiger partial charge in [-0.15, -0.1) is 0 Å². The van der Waals surface area contributed by atoms with Crippen molar-refractivity contribution in [3.8, 4) is 0 Å². The number of hydrogen-bond acceptors (Lipinski definition) is 5. The first-order chi connectivity index (χ1) is 12.6. The highest BCUT2D eigenvalue weighted by molar-refractivity contribution is 7.89. The molecule has 2 aromatic carbocycles. The van der Waals surface area contributed by atoms with Crippen LogP contribution >= 0.6 is 11.6 Å². The summed E-state index contributed by atoms with van der Waals surface area (Å²) < 4.78 is 27.1. The third-order valence-electron chi connectivity index (χ3n) is 3.70. The van der Waals surface area contributed by atoms with Crippen molar-refractivity contribution in [3.05, 3.63) is 62.7 Å². The number of carbonyl (C=O) groups is 1. The van der Waals surface area contributed by atoms with Gasteiger partial charge in [0.15, 0.2) is 4.90 Å². The first-order valence-corrected chi connectivity index (χ1v) is 9.77. The fourth-order valence-electron chi connectivity index (χ4n) is 2.44. The highest BCUT2D eigenvalue weighted by Crippen LogP contribution is 2.26. The zero-order valence-corrected chi connectivity index (χ0v) is 16.2. The van der Waals surface area contributed by atoms with Crippen molar-refractivity contribution in [1.82, 2.24) is 4.72 Å². The molecule has 0 radical (unpaired) electrons. The Hall–Kier alpha value is -2.49. The van der Waals surface area contributed by atoms with Gasteiger partial charge in [0.05, 0.1) is 15.6 Å². The van der Waals surface area contributed by atoms with E-state index in [1.807, 2.05) is 6.92 Å². The van der Waals surface area contributed by atoms with Crippen LogP contribution in [0.2, 0.25) is 5.02 Å². The van der Waals surface area contributed by atoms with Crippen LogP contribution in [-0.4, -0.2) is 25.8 Å². The van der Waals surface area contributed by atoms with E-state index in [2.05, 4.69) is 10.0 Å². The summed E-state index contributed by atoms with van der Waals surface area (Å²) in [5, 5.41) is 14.1. The first-order valence-electron chi connectivity index (χ1n) is 7.91. The molecule has 0 aliphatic rings. The smallest absolute Gasteiger partial charge is 0.289 e. The van der Waals surface area contributed by atoms with Crippen molar-refractivity contribution in [2.75, 3.05) is 11.9 Å². The Balaban J connectivity index is 2.04. The van der Waals surface area contributed by atoms with Crippen LogP contribution in [0.15, 0.2) is 41.3 Å². The van der Waals surface area contributed by atoms with Crippen molar-refractivity contribution in [1.29, 1.82) is 0 Å². The highest BCUT2D eigenvalue weighted by Gasteiger charge is 2.27. The van der Waals surface area contributed by atoms with E-state index in [9.17, 15) is 23.3 Å². The summed E-state index contributed by atoms with van der Waals surface area (Å²) in [5.74, 6) is -0.442. The molecule has 0 saturated heterocycles. The Bertz CT molecular complexity index is 992. The van der Waals surface area contributed by atoms with E-state index in [0.29, 0.717) is 10.7 Å². The average molecular weight is 412 g/mol. The zero-order chi connectivity index (χ0) is 20.2. The molecule has 0 aliphatic heterocycles. The molecular formula is C17H18ClN3O5S. The maximum atomic E-state index is 12.4. The summed E-state index contributed by atoms with van der Waals surface area (Å²) in [7, 11) is -4.15. The van der Waals surface area contributed by atoms with E-state index >= 15 is 0 Å². The third-order valence-corrected chi connectivity index (χ3v) is 5.66. The molecule has 144 valence electrons. The topological polar surface area (TPSA) is 118 Å². The van der Waals surface area contributed by atoms with Gasteiger partial charge >= 0.3 is 0 Å². The van der Waals surface area contributed by atoms with Crippen LogP contribution in [0.4, 0.5) is 11.4 Å². The Morgan fingerprint density at radius 3 is 2.56 bits per heavy atom. The number of carbonyl (C=O) groups excluding carboxylic acids is 1. The normalized spacial score (nSPS) is 11.2. The Morgan fingerprint density at radius 1 is 1.22 bits per heavy atom. The van der Waals surface area contributed by atoms with Gasteiger partial charge < -0.3 is 5.32 Å². The molecule has 1 amide bonds. The van der Waals surface area contributed by atoms with Gasteiger partial charge in [0.2, 0.25) is 15.9 Å². The van der Waals surface area contributed by atoms with Crippen molar-refractivity contribution in [2.24, 2.45) is 0 Å². The SMILES string of the molecule is Cc1ccc(NC(=O)CCNS(=O)(=O)c2c(C)cccc2[N+](=O)[O-])c(Cl)c1. The summed E-state index contributed by atoms with van der Waals surface area (Å²) in [5.41, 5.74) is 1.08. The molecule has 0 heterocycles. The Labute approximate surface area is 161 Å². The van der Waals surface area contributed by atoms with Gasteiger partial charge in [0, 0.05) is 19.0 Å². The highest BCUT2D eigenvalue weighted by atomic mass is 35.5. The summed E-state index contributed by atoms with van der Waals surface area (Å²) in [6.07, 6.45) is -0.164. The molecule has 0 aromatic heterocycles. The number of aryl methyl sites for hydroxylation is 2. The van der Waals surface area contributed by atoms with Crippen molar-refractivity contribution < 1.29 is 18.1 Å². The van der Waals surface area contributed by atoms with Crippen LogP contribution < -0.4 is 10.0 Å². The van der Waals surface area contributed by atoms with E-state index in [1.165, 1.54) is 19.1 Å². The predicted octanol–water partition coefficient (Wildman–Crippen LogP) is 3.17. The summed E-state index contributed by atoms with van der Waals surface area (Å²) in [6, 6.07) is 9.11. The quantitative estimate of drug-likeness (QED) is 0.535. The van der Waals surface area contributed by atoms with Crippen LogP contribution in [0.1, 0.15) is 17.5 Å². The van der Waals surface area contributed by atoms with Crippen molar-refractivity contribution in [2.45, 2.75) is 25.2 Å². The number of benzene rings is 2. The molecule has 0 bridgehead atoms. The second-order valence-electron chi connectivity index (χ2n) is 5.86. The fourth-order valence-corrected chi connectivity index (χ4v) is 4.14. The molecule has 8 nitrogen and oxygen atoms in total. The fraction of sp³-hybridized carbons (Fsp3) is 0.235. The van der Waals surface area contributed by atoms with Gasteiger partial charge in [0.25, 0.3) is 5.69 Å². The number of nitrogens with one attached hydrogen (secondary N) is 2. The van der Waals surface area contributed by atoms with Crippen LogP contribution in [0, 0.1) is 24.0 Å². The van der Waals surface area contributed by atoms with Crippen molar-refractivity contribution in [3.63, 3.8) is 0 Å². The van der Waals surface area contributed by atoms with E-state index in [0.717, 1.165) is 11.6 Å². The molecule has 27 heavy (non-hydrogen) atoms. The number of sulfonamides is 1. The molecule has 0 fully saturated rings. The number of halogens is 1. The lowest BCUT2D eigenvalue weighted by molar-refractivity contribution is -0.387. The van der Waals surface area contributed by atoms with Crippen LogP contribution in [0.5, 0.6) is 0 Å². The number of amides is 1. The maximum Gasteiger partial charge on any atom is 0.289 e. The van der Waals surface area contributed by atoms with Gasteiger partial charge in [-0.1, -0.05) is 29.8 Å². The number of nitro groups is 1. The van der Waals surface area contributed by atoms with Crippen LogP contribution in [0.3, 0.4) is 0 Å². The molecule has 0 aliphatic carbocycles. The van der Waals surface area contributed by atoms with Gasteiger partial charge in [0.1, 0.15) is 0 Å². The van der Waals surface area contributed by atoms with E-state index in [1.54, 1.807) is 18.2 Å². The number of nitrogens with zero attached hydrogens (tertiary/aromatic N) is 1. The Kier molecular flexibility index (Phi) is 6.53. The van der Waals surface area contributed by atoms with Crippen LogP contribution in [0.25, 0.3) is 0 Å². The molecular weight excluding hydrogens is 394 g/mol. The molecule has 10 heteroatoms. The average Bonchev–Trinajstić information content (AvgIpc) is 2.56. The maximum absolute atomic E-state index is 12.4. The minimum absolute atomic E-state index is 0.164. The second-order valence-corrected chi connectivity index (χ2v) is 7.97. The lowest BCUT2D eigenvalue weighted by Crippen LogP contribution is -2.29. The molecule has 0 spiro atoms. The monoisotopic (exact) mass is 411 g/mol. The summed E-state index contributed by atoms with van der Waals surface area (Å²) >= 11 is 6.03. The molecule has 0 saturated carbocycles. The second kappa shape index (κ2) is 8.47. The zero-order valence-electron chi connectivity index (χ0n) is 14.7. The number of rotatable bonds is 7. The summed E-state index contributed by atoms with van der Waals surface area (Å²) in [6.45, 7) is 3.10. The van der Waals surface area contributed by atoms with Gasteiger partial charge in [-0.2, -0.15) is 0 Å². The number of hydrogen-bond donors (Lipinski definition) is 2. The van der Waals surface area contributed by atoms with Gasteiger partial charge in [-0.05, 0) is 37.1 Å². The standard InChI is InChI=1S/C17H18ClN3O5S/c1-11-6-7-14(13(18)10-11)20-16(22)8-9-19-27(25,26)17-12(2)4-3-5-15(17)21(23)24/h3-7,10,19H,8-9H2,1-2H3,(H,20,22). The molecule has 2 rings (SSSR count). The minimum atomic E-state index is -4.15. The van der Waals surface area contributed by atoms with Gasteiger partial charge in [-0.25, -0.2) is 13.1 Å². The molecule has 0 atom stereocenters. The molecule has 2 aromatic rings. The van der Waals surface area contributed by atoms with Crippen LogP contribution in [-0.2, 0) is 14.8 Å². The van der Waals surface area contributed by atoms with E-state index in [4.69, 9.17) is 11.6 Å². The summed E-state index contributed by atoms with van der Waals surface area (Å²) in [4.78, 5) is 21.9. The third kappa shape index (κ3) is 5.25. The van der Waals surface area contributed by atoms with E-state index < -0.39 is 31.4 Å². The minimum Gasteiger partial charge on any atom is -0.325 e. The number of nitro benzene ring substituents is 1. The van der Waals surface area contributed by atoms with E-state index in [-0.39, 0.29) is 18.5 Å². The largest absolute Gasteiger partial charge is 0.325 e. The predicted molar refractivity (Wildman–Crippen MR) is 102 cm³/mol. The lowest BCUT2D eigenvalue weighted by Gasteiger charge is -2.10.